The average molecular weight is 224 g/mol. The largest absolute Gasteiger partial charge is 0.392 e. The zero-order valence-electron chi connectivity index (χ0n) is 11.7. The Bertz CT molecular complexity index is 241. The Morgan fingerprint density at radius 2 is 1.81 bits per heavy atom. The second kappa shape index (κ2) is 6.90. The average Bonchev–Trinajstić information content (AvgIpc) is 2.11. The molecule has 16 heavy (non-hydrogen) atoms. The molecular weight excluding hydrogens is 196 g/mol. The van der Waals surface area contributed by atoms with Gasteiger partial charge in [-0.05, 0) is 29.2 Å². The van der Waals surface area contributed by atoms with Gasteiger partial charge in [-0.2, -0.15) is 0 Å². The van der Waals surface area contributed by atoms with E-state index in [4.69, 9.17) is 5.11 Å². The minimum Gasteiger partial charge on any atom is -0.392 e. The number of hydrogen-bond acceptors (Lipinski definition) is 1. The smallest absolute Gasteiger partial charge is 0.0615 e. The van der Waals surface area contributed by atoms with Crippen LogP contribution in [-0.2, 0) is 0 Å². The van der Waals surface area contributed by atoms with Gasteiger partial charge in [0.15, 0.2) is 0 Å². The predicted octanol–water partition coefficient (Wildman–Crippen LogP) is 4.19. The third kappa shape index (κ3) is 4.98. The maximum absolute atomic E-state index is 8.89. The topological polar surface area (TPSA) is 20.2 Å². The summed E-state index contributed by atoms with van der Waals surface area (Å²) in [7, 11) is 0. The lowest BCUT2D eigenvalue weighted by Gasteiger charge is -2.35. The maximum Gasteiger partial charge on any atom is 0.0615 e. The van der Waals surface area contributed by atoms with Gasteiger partial charge >= 0.3 is 0 Å². The van der Waals surface area contributed by atoms with Crippen molar-refractivity contribution in [2.75, 3.05) is 6.61 Å². The number of hydrogen-bond donors (Lipinski definition) is 1. The number of aliphatic hydroxyl groups is 1. The van der Waals surface area contributed by atoms with E-state index in [0.717, 1.165) is 6.42 Å². The van der Waals surface area contributed by atoms with Crippen molar-refractivity contribution in [3.63, 3.8) is 0 Å². The van der Waals surface area contributed by atoms with Crippen LogP contribution in [0.2, 0.25) is 0 Å². The minimum atomic E-state index is 0.121. The molecule has 0 heterocycles. The molecule has 1 N–H and O–H groups in total. The molecule has 0 radical (unpaired) electrons. The normalized spacial score (nSPS) is 16.1. The summed E-state index contributed by atoms with van der Waals surface area (Å²) >= 11 is 0. The fraction of sp³-hybridized carbons (Fsp3) is 0.733. The fourth-order valence-electron chi connectivity index (χ4n) is 2.61. The van der Waals surface area contributed by atoms with Crippen LogP contribution < -0.4 is 0 Å². The highest BCUT2D eigenvalue weighted by Gasteiger charge is 2.29. The van der Waals surface area contributed by atoms with E-state index in [1.807, 2.05) is 6.08 Å². The van der Waals surface area contributed by atoms with E-state index in [9.17, 15) is 0 Å². The SMILES string of the molecule is CCC=C(C=CCO)C(C(C)C)C(C)(C)C. The number of allylic oxidation sites excluding steroid dienone is 3. The summed E-state index contributed by atoms with van der Waals surface area (Å²) in [6, 6.07) is 0. The van der Waals surface area contributed by atoms with Gasteiger partial charge in [0.1, 0.15) is 0 Å². The van der Waals surface area contributed by atoms with E-state index < -0.39 is 0 Å². The summed E-state index contributed by atoms with van der Waals surface area (Å²) in [5, 5.41) is 8.89. The summed E-state index contributed by atoms with van der Waals surface area (Å²) in [5.74, 6) is 1.15. The monoisotopic (exact) mass is 224 g/mol. The summed E-state index contributed by atoms with van der Waals surface area (Å²) < 4.78 is 0. The summed E-state index contributed by atoms with van der Waals surface area (Å²) in [4.78, 5) is 0. The van der Waals surface area contributed by atoms with E-state index in [1.165, 1.54) is 5.57 Å². The Kier molecular flexibility index (Phi) is 6.66. The Balaban J connectivity index is 5.12. The van der Waals surface area contributed by atoms with Gasteiger partial charge in [0.05, 0.1) is 6.61 Å². The third-order valence-corrected chi connectivity index (χ3v) is 2.81. The number of aliphatic hydroxyl groups excluding tert-OH is 1. The van der Waals surface area contributed by atoms with Gasteiger partial charge in [-0.25, -0.2) is 0 Å². The van der Waals surface area contributed by atoms with Crippen molar-refractivity contribution in [2.45, 2.75) is 48.0 Å². The highest BCUT2D eigenvalue weighted by molar-refractivity contribution is 5.24. The molecule has 0 spiro atoms. The van der Waals surface area contributed by atoms with Crippen molar-refractivity contribution in [2.24, 2.45) is 17.3 Å². The van der Waals surface area contributed by atoms with Crippen LogP contribution in [0, 0.1) is 17.3 Å². The van der Waals surface area contributed by atoms with E-state index in [-0.39, 0.29) is 12.0 Å². The quantitative estimate of drug-likeness (QED) is 0.694. The third-order valence-electron chi connectivity index (χ3n) is 2.81. The lowest BCUT2D eigenvalue weighted by atomic mass is 9.70. The fourth-order valence-corrected chi connectivity index (χ4v) is 2.61. The van der Waals surface area contributed by atoms with E-state index in [1.54, 1.807) is 0 Å². The molecule has 0 fully saturated rings. The van der Waals surface area contributed by atoms with Crippen molar-refractivity contribution >= 4 is 0 Å². The Morgan fingerprint density at radius 1 is 1.25 bits per heavy atom. The molecule has 0 rings (SSSR count). The van der Waals surface area contributed by atoms with Crippen molar-refractivity contribution < 1.29 is 5.11 Å². The van der Waals surface area contributed by atoms with Crippen LogP contribution in [0.5, 0.6) is 0 Å². The first-order valence-electron chi connectivity index (χ1n) is 6.32. The molecule has 1 nitrogen and oxygen atoms in total. The lowest BCUT2D eigenvalue weighted by Crippen LogP contribution is -2.26. The molecular formula is C15H28O. The van der Waals surface area contributed by atoms with Crippen LogP contribution in [0.25, 0.3) is 0 Å². The molecule has 0 aromatic heterocycles. The zero-order valence-corrected chi connectivity index (χ0v) is 11.7. The molecule has 0 aromatic carbocycles. The molecule has 94 valence electrons. The summed E-state index contributed by atoms with van der Waals surface area (Å²) in [5.41, 5.74) is 1.62. The molecule has 0 aliphatic heterocycles. The molecule has 0 saturated carbocycles. The van der Waals surface area contributed by atoms with Gasteiger partial charge in [0.25, 0.3) is 0 Å². The van der Waals surface area contributed by atoms with Crippen LogP contribution in [0.15, 0.2) is 23.8 Å². The van der Waals surface area contributed by atoms with Crippen molar-refractivity contribution in [1.82, 2.24) is 0 Å². The van der Waals surface area contributed by atoms with Gasteiger partial charge < -0.3 is 5.11 Å². The molecule has 0 aliphatic carbocycles. The van der Waals surface area contributed by atoms with Gasteiger partial charge in [-0.3, -0.25) is 0 Å². The van der Waals surface area contributed by atoms with E-state index in [0.29, 0.717) is 11.8 Å². The molecule has 1 heteroatoms. The number of rotatable bonds is 5. The summed E-state index contributed by atoms with van der Waals surface area (Å²) in [6.07, 6.45) is 7.24. The zero-order chi connectivity index (χ0) is 12.8. The van der Waals surface area contributed by atoms with E-state index >= 15 is 0 Å². The van der Waals surface area contributed by atoms with Crippen LogP contribution in [-0.4, -0.2) is 11.7 Å². The van der Waals surface area contributed by atoms with Crippen LogP contribution in [0.3, 0.4) is 0 Å². The highest BCUT2D eigenvalue weighted by Crippen LogP contribution is 2.38. The molecule has 0 amide bonds. The highest BCUT2D eigenvalue weighted by atomic mass is 16.2. The first-order valence-corrected chi connectivity index (χ1v) is 6.32. The van der Waals surface area contributed by atoms with Crippen LogP contribution >= 0.6 is 0 Å². The van der Waals surface area contributed by atoms with Gasteiger partial charge in [-0.1, -0.05) is 59.8 Å². The summed E-state index contributed by atoms with van der Waals surface area (Å²) in [6.45, 7) is 13.7. The van der Waals surface area contributed by atoms with Crippen molar-refractivity contribution in [3.05, 3.63) is 23.8 Å². The lowest BCUT2D eigenvalue weighted by molar-refractivity contribution is 0.220. The van der Waals surface area contributed by atoms with Crippen LogP contribution in [0.1, 0.15) is 48.0 Å². The molecule has 1 unspecified atom stereocenters. The standard InChI is InChI=1S/C15H28O/c1-7-9-13(10-8-11-16)14(12(2)3)15(4,5)6/h8-10,12,14,16H,7,11H2,1-6H3. The molecule has 0 bridgehead atoms. The predicted molar refractivity (Wildman–Crippen MR) is 72.4 cm³/mol. The molecule has 0 aliphatic rings. The van der Waals surface area contributed by atoms with Crippen LogP contribution in [0.4, 0.5) is 0 Å². The molecule has 1 atom stereocenters. The van der Waals surface area contributed by atoms with Gasteiger partial charge in [0, 0.05) is 0 Å². The van der Waals surface area contributed by atoms with E-state index in [2.05, 4.69) is 53.7 Å². The first-order chi connectivity index (χ1) is 7.34. The van der Waals surface area contributed by atoms with Crippen molar-refractivity contribution in [3.8, 4) is 0 Å². The van der Waals surface area contributed by atoms with Gasteiger partial charge in [0.2, 0.25) is 0 Å². The Hall–Kier alpha value is -0.560. The first kappa shape index (κ1) is 15.4. The molecule has 0 aromatic rings. The Morgan fingerprint density at radius 3 is 2.12 bits per heavy atom. The Labute approximate surface area is 101 Å². The van der Waals surface area contributed by atoms with Crippen molar-refractivity contribution in [1.29, 1.82) is 0 Å². The minimum absolute atomic E-state index is 0.121. The second-order valence-corrected chi connectivity index (χ2v) is 5.79. The van der Waals surface area contributed by atoms with Gasteiger partial charge in [-0.15, -0.1) is 0 Å². The maximum atomic E-state index is 8.89. The second-order valence-electron chi connectivity index (χ2n) is 5.79. The molecule has 0 saturated heterocycles.